The molecule has 0 spiro atoms. The van der Waals surface area contributed by atoms with E-state index in [0.717, 1.165) is 53.5 Å². The Kier molecular flexibility index (Phi) is 5.80. The summed E-state index contributed by atoms with van der Waals surface area (Å²) in [6, 6.07) is 22.5. The van der Waals surface area contributed by atoms with Gasteiger partial charge in [0.05, 0.1) is 14.2 Å². The van der Waals surface area contributed by atoms with Crippen molar-refractivity contribution >= 4 is 5.71 Å². The van der Waals surface area contributed by atoms with E-state index < -0.39 is 0 Å². The lowest BCUT2D eigenvalue weighted by atomic mass is 9.93. The van der Waals surface area contributed by atoms with Gasteiger partial charge in [0.2, 0.25) is 0 Å². The predicted molar refractivity (Wildman–Crippen MR) is 116 cm³/mol. The number of nitrogens with zero attached hydrogens (tertiary/aromatic N) is 1. The molecule has 0 saturated carbocycles. The zero-order valence-electron chi connectivity index (χ0n) is 16.9. The summed E-state index contributed by atoms with van der Waals surface area (Å²) in [5.41, 5.74) is 5.83. The van der Waals surface area contributed by atoms with E-state index in [9.17, 15) is 0 Å². The number of rotatable bonds is 7. The molecule has 0 fully saturated rings. The van der Waals surface area contributed by atoms with Gasteiger partial charge in [0.25, 0.3) is 0 Å². The molecule has 0 unspecified atom stereocenters. The van der Waals surface area contributed by atoms with Gasteiger partial charge in [-0.25, -0.2) is 0 Å². The van der Waals surface area contributed by atoms with Gasteiger partial charge in [-0.2, -0.15) is 0 Å². The van der Waals surface area contributed by atoms with E-state index in [1.807, 2.05) is 30.3 Å². The molecule has 1 heterocycles. The highest BCUT2D eigenvalue weighted by molar-refractivity contribution is 6.04. The lowest BCUT2D eigenvalue weighted by Crippen LogP contribution is -2.16. The van der Waals surface area contributed by atoms with Gasteiger partial charge in [-0.1, -0.05) is 42.5 Å². The molecule has 0 atom stereocenters. The third-order valence-corrected chi connectivity index (χ3v) is 5.15. The summed E-state index contributed by atoms with van der Waals surface area (Å²) in [5, 5.41) is 0. The van der Waals surface area contributed by atoms with Crippen LogP contribution in [-0.2, 0) is 19.4 Å². The van der Waals surface area contributed by atoms with Crippen LogP contribution in [0.5, 0.6) is 17.2 Å². The van der Waals surface area contributed by atoms with Crippen molar-refractivity contribution in [3.05, 3.63) is 89.0 Å². The number of ether oxygens (including phenoxy) is 3. The Morgan fingerprint density at radius 2 is 1.62 bits per heavy atom. The lowest BCUT2D eigenvalue weighted by molar-refractivity contribution is 0.284. The van der Waals surface area contributed by atoms with E-state index >= 15 is 0 Å². The minimum absolute atomic E-state index is 0.501. The summed E-state index contributed by atoms with van der Waals surface area (Å²) in [5.74, 6) is 2.38. The van der Waals surface area contributed by atoms with E-state index in [1.54, 1.807) is 14.2 Å². The van der Waals surface area contributed by atoms with E-state index in [-0.39, 0.29) is 0 Å². The lowest BCUT2D eigenvalue weighted by Gasteiger charge is -2.20. The molecule has 0 amide bonds. The van der Waals surface area contributed by atoms with Gasteiger partial charge in [0.15, 0.2) is 11.5 Å². The van der Waals surface area contributed by atoms with Crippen molar-refractivity contribution in [3.8, 4) is 17.2 Å². The van der Waals surface area contributed by atoms with Crippen molar-refractivity contribution < 1.29 is 14.2 Å². The molecule has 1 aliphatic rings. The maximum absolute atomic E-state index is 6.11. The van der Waals surface area contributed by atoms with Gasteiger partial charge >= 0.3 is 0 Å². The van der Waals surface area contributed by atoms with Gasteiger partial charge < -0.3 is 14.2 Å². The summed E-state index contributed by atoms with van der Waals surface area (Å²) in [7, 11) is 3.37. The van der Waals surface area contributed by atoms with Gasteiger partial charge in [0.1, 0.15) is 12.4 Å². The Bertz CT molecular complexity index is 995. The number of aliphatic imine (C=N–C) groups is 1. The fourth-order valence-corrected chi connectivity index (χ4v) is 3.57. The number of hydrogen-bond donors (Lipinski definition) is 0. The standard InChI is InChI=1S/C25H25NO3/c1-27-21-10-8-18(9-11-21)14-23-22-16-25(29-17-19-6-4-3-5-7-19)24(28-2)15-20(22)12-13-26-23/h3-11,15-16H,12-14,17H2,1-2H3. The summed E-state index contributed by atoms with van der Waals surface area (Å²) in [4.78, 5) is 4.81. The first-order valence-electron chi connectivity index (χ1n) is 9.81. The zero-order chi connectivity index (χ0) is 20.1. The van der Waals surface area contributed by atoms with Gasteiger partial charge in [-0.05, 0) is 47.4 Å². The van der Waals surface area contributed by atoms with Crippen LogP contribution in [0.15, 0.2) is 71.7 Å². The highest BCUT2D eigenvalue weighted by atomic mass is 16.5. The first kappa shape index (κ1) is 19.1. The number of benzene rings is 3. The average molecular weight is 387 g/mol. The summed E-state index contributed by atoms with van der Waals surface area (Å²) >= 11 is 0. The normalized spacial score (nSPS) is 12.7. The smallest absolute Gasteiger partial charge is 0.162 e. The second kappa shape index (κ2) is 8.82. The van der Waals surface area contributed by atoms with E-state index in [1.165, 1.54) is 11.1 Å². The van der Waals surface area contributed by atoms with Crippen molar-refractivity contribution in [1.29, 1.82) is 0 Å². The third kappa shape index (κ3) is 4.43. The van der Waals surface area contributed by atoms with E-state index in [2.05, 4.69) is 36.4 Å². The maximum Gasteiger partial charge on any atom is 0.162 e. The van der Waals surface area contributed by atoms with Gasteiger partial charge in [-0.3, -0.25) is 4.99 Å². The van der Waals surface area contributed by atoms with Crippen LogP contribution in [0.1, 0.15) is 22.3 Å². The second-order valence-corrected chi connectivity index (χ2v) is 7.04. The van der Waals surface area contributed by atoms with Gasteiger partial charge in [0, 0.05) is 24.2 Å². The Hall–Kier alpha value is -3.27. The minimum atomic E-state index is 0.501. The SMILES string of the molecule is COc1ccc(CC2=NCCc3cc(OC)c(OCc4ccccc4)cc32)cc1. The fourth-order valence-electron chi connectivity index (χ4n) is 3.57. The van der Waals surface area contributed by atoms with Crippen LogP contribution in [0.3, 0.4) is 0 Å². The molecule has 148 valence electrons. The number of fused-ring (bicyclic) bond motifs is 1. The molecule has 0 saturated heterocycles. The van der Waals surface area contributed by atoms with Gasteiger partial charge in [-0.15, -0.1) is 0 Å². The Morgan fingerprint density at radius 3 is 2.34 bits per heavy atom. The fraction of sp³-hybridized carbons (Fsp3) is 0.240. The summed E-state index contributed by atoms with van der Waals surface area (Å²) in [6.45, 7) is 1.30. The molecular formula is C25H25NO3. The second-order valence-electron chi connectivity index (χ2n) is 7.04. The first-order chi connectivity index (χ1) is 14.3. The Morgan fingerprint density at radius 1 is 0.828 bits per heavy atom. The van der Waals surface area contributed by atoms with Crippen LogP contribution in [0.2, 0.25) is 0 Å². The molecule has 0 N–H and O–H groups in total. The molecule has 29 heavy (non-hydrogen) atoms. The van der Waals surface area contributed by atoms with Crippen LogP contribution < -0.4 is 14.2 Å². The Balaban J connectivity index is 1.59. The van der Waals surface area contributed by atoms with Crippen molar-refractivity contribution in [2.75, 3.05) is 20.8 Å². The van der Waals surface area contributed by atoms with Crippen LogP contribution in [0, 0.1) is 0 Å². The quantitative estimate of drug-likeness (QED) is 0.581. The van der Waals surface area contributed by atoms with E-state index in [0.29, 0.717) is 6.61 Å². The molecule has 1 aliphatic heterocycles. The van der Waals surface area contributed by atoms with Crippen molar-refractivity contribution in [1.82, 2.24) is 0 Å². The van der Waals surface area contributed by atoms with Crippen LogP contribution in [0.25, 0.3) is 0 Å². The first-order valence-corrected chi connectivity index (χ1v) is 9.81. The van der Waals surface area contributed by atoms with Crippen LogP contribution in [0.4, 0.5) is 0 Å². The van der Waals surface area contributed by atoms with Crippen LogP contribution >= 0.6 is 0 Å². The largest absolute Gasteiger partial charge is 0.497 e. The average Bonchev–Trinajstić information content (AvgIpc) is 2.78. The number of hydrogen-bond acceptors (Lipinski definition) is 4. The van der Waals surface area contributed by atoms with Crippen molar-refractivity contribution in [2.45, 2.75) is 19.4 Å². The summed E-state index contributed by atoms with van der Waals surface area (Å²) in [6.07, 6.45) is 1.69. The van der Waals surface area contributed by atoms with E-state index in [4.69, 9.17) is 19.2 Å². The maximum atomic E-state index is 6.11. The van der Waals surface area contributed by atoms with Crippen molar-refractivity contribution in [3.63, 3.8) is 0 Å². The molecule has 0 aromatic heterocycles. The third-order valence-electron chi connectivity index (χ3n) is 5.15. The number of methoxy groups -OCH3 is 2. The molecule has 0 bridgehead atoms. The molecular weight excluding hydrogens is 362 g/mol. The molecule has 3 aromatic rings. The predicted octanol–water partition coefficient (Wildman–Crippen LogP) is 4.87. The molecule has 4 nitrogen and oxygen atoms in total. The molecule has 4 heteroatoms. The summed E-state index contributed by atoms with van der Waals surface area (Å²) < 4.78 is 17.0. The minimum Gasteiger partial charge on any atom is -0.497 e. The highest BCUT2D eigenvalue weighted by Crippen LogP contribution is 2.34. The molecule has 4 rings (SSSR count). The highest BCUT2D eigenvalue weighted by Gasteiger charge is 2.19. The Labute approximate surface area is 171 Å². The van der Waals surface area contributed by atoms with Crippen molar-refractivity contribution in [2.24, 2.45) is 4.99 Å². The monoisotopic (exact) mass is 387 g/mol. The molecule has 0 aliphatic carbocycles. The molecule has 3 aromatic carbocycles. The zero-order valence-corrected chi connectivity index (χ0v) is 16.9. The molecule has 0 radical (unpaired) electrons. The van der Waals surface area contributed by atoms with Crippen LogP contribution in [-0.4, -0.2) is 26.5 Å². The topological polar surface area (TPSA) is 40.0 Å².